The SMILES string of the molecule is CCC(CSC)NCc1cn[nH]c1C. The number of aryl methyl sites for hydroxylation is 1. The van der Waals surface area contributed by atoms with Crippen molar-refractivity contribution in [1.82, 2.24) is 15.5 Å². The fraction of sp³-hybridized carbons (Fsp3) is 0.700. The van der Waals surface area contributed by atoms with Crippen molar-refractivity contribution in [1.29, 1.82) is 0 Å². The normalized spacial score (nSPS) is 13.1. The second-order valence-electron chi connectivity index (χ2n) is 3.46. The van der Waals surface area contributed by atoms with Gasteiger partial charge in [0.15, 0.2) is 0 Å². The van der Waals surface area contributed by atoms with Crippen molar-refractivity contribution in [3.63, 3.8) is 0 Å². The van der Waals surface area contributed by atoms with Gasteiger partial charge in [-0.3, -0.25) is 5.10 Å². The highest BCUT2D eigenvalue weighted by atomic mass is 32.2. The quantitative estimate of drug-likeness (QED) is 0.759. The molecule has 0 saturated carbocycles. The Bertz CT molecular complexity index is 260. The summed E-state index contributed by atoms with van der Waals surface area (Å²) < 4.78 is 0. The maximum atomic E-state index is 4.00. The Hall–Kier alpha value is -0.480. The molecule has 0 bridgehead atoms. The number of aromatic nitrogens is 2. The van der Waals surface area contributed by atoms with E-state index in [0.717, 1.165) is 12.2 Å². The van der Waals surface area contributed by atoms with Crippen LogP contribution in [-0.2, 0) is 6.54 Å². The van der Waals surface area contributed by atoms with Crippen LogP contribution in [0.2, 0.25) is 0 Å². The number of thioether (sulfide) groups is 1. The summed E-state index contributed by atoms with van der Waals surface area (Å²) in [5, 5.41) is 10.5. The maximum Gasteiger partial charge on any atom is 0.0535 e. The second kappa shape index (κ2) is 6.09. The molecule has 0 saturated heterocycles. The Kier molecular flexibility index (Phi) is 5.04. The van der Waals surface area contributed by atoms with Gasteiger partial charge in [0, 0.05) is 29.6 Å². The van der Waals surface area contributed by atoms with Crippen LogP contribution >= 0.6 is 11.8 Å². The van der Waals surface area contributed by atoms with Gasteiger partial charge in [0.1, 0.15) is 0 Å². The summed E-state index contributed by atoms with van der Waals surface area (Å²) in [6.07, 6.45) is 5.22. The summed E-state index contributed by atoms with van der Waals surface area (Å²) in [6.45, 7) is 5.19. The third-order valence-corrected chi connectivity index (χ3v) is 3.11. The molecular formula is C10H19N3S. The van der Waals surface area contributed by atoms with Crippen LogP contribution in [0.4, 0.5) is 0 Å². The Morgan fingerprint density at radius 2 is 2.43 bits per heavy atom. The zero-order valence-electron chi connectivity index (χ0n) is 9.13. The van der Waals surface area contributed by atoms with Gasteiger partial charge in [0.2, 0.25) is 0 Å². The highest BCUT2D eigenvalue weighted by Gasteiger charge is 2.06. The minimum absolute atomic E-state index is 0.610. The molecule has 1 rings (SSSR count). The van der Waals surface area contributed by atoms with Gasteiger partial charge in [-0.05, 0) is 19.6 Å². The van der Waals surface area contributed by atoms with E-state index in [9.17, 15) is 0 Å². The topological polar surface area (TPSA) is 40.7 Å². The van der Waals surface area contributed by atoms with E-state index in [1.807, 2.05) is 18.0 Å². The van der Waals surface area contributed by atoms with Gasteiger partial charge >= 0.3 is 0 Å². The summed E-state index contributed by atoms with van der Waals surface area (Å²) in [5.41, 5.74) is 2.43. The molecule has 0 spiro atoms. The van der Waals surface area contributed by atoms with Crippen LogP contribution in [0.5, 0.6) is 0 Å². The average molecular weight is 213 g/mol. The lowest BCUT2D eigenvalue weighted by Gasteiger charge is -2.15. The van der Waals surface area contributed by atoms with Crippen molar-refractivity contribution < 1.29 is 0 Å². The van der Waals surface area contributed by atoms with Crippen LogP contribution in [0.15, 0.2) is 6.20 Å². The summed E-state index contributed by atoms with van der Waals surface area (Å²) in [7, 11) is 0. The molecule has 1 aromatic rings. The molecule has 14 heavy (non-hydrogen) atoms. The highest BCUT2D eigenvalue weighted by Crippen LogP contribution is 2.05. The maximum absolute atomic E-state index is 4.00. The fourth-order valence-electron chi connectivity index (χ4n) is 1.33. The van der Waals surface area contributed by atoms with Crippen molar-refractivity contribution in [2.75, 3.05) is 12.0 Å². The number of hydrogen-bond acceptors (Lipinski definition) is 3. The van der Waals surface area contributed by atoms with Crippen LogP contribution < -0.4 is 5.32 Å². The third-order valence-electron chi connectivity index (χ3n) is 2.38. The van der Waals surface area contributed by atoms with E-state index in [-0.39, 0.29) is 0 Å². The van der Waals surface area contributed by atoms with Crippen LogP contribution in [0, 0.1) is 6.92 Å². The van der Waals surface area contributed by atoms with Crippen LogP contribution in [0.25, 0.3) is 0 Å². The monoisotopic (exact) mass is 213 g/mol. The lowest BCUT2D eigenvalue weighted by atomic mass is 10.2. The van der Waals surface area contributed by atoms with E-state index in [1.54, 1.807) is 0 Å². The van der Waals surface area contributed by atoms with Crippen molar-refractivity contribution in [2.45, 2.75) is 32.9 Å². The Labute approximate surface area is 90.1 Å². The van der Waals surface area contributed by atoms with Crippen LogP contribution in [0.3, 0.4) is 0 Å². The van der Waals surface area contributed by atoms with Crippen LogP contribution in [-0.4, -0.2) is 28.2 Å². The number of H-pyrrole nitrogens is 1. The summed E-state index contributed by atoms with van der Waals surface area (Å²) in [5.74, 6) is 1.17. The minimum atomic E-state index is 0.610. The molecule has 0 aliphatic heterocycles. The predicted octanol–water partition coefficient (Wildman–Crippen LogP) is 1.95. The molecule has 1 aromatic heterocycles. The van der Waals surface area contributed by atoms with E-state index in [4.69, 9.17) is 0 Å². The Morgan fingerprint density at radius 1 is 1.64 bits per heavy atom. The van der Waals surface area contributed by atoms with Gasteiger partial charge in [-0.2, -0.15) is 16.9 Å². The van der Waals surface area contributed by atoms with Gasteiger partial charge in [-0.25, -0.2) is 0 Å². The first kappa shape index (κ1) is 11.6. The summed E-state index contributed by atoms with van der Waals surface area (Å²) >= 11 is 1.89. The molecule has 0 radical (unpaired) electrons. The zero-order chi connectivity index (χ0) is 10.4. The molecule has 0 aliphatic carbocycles. The second-order valence-corrected chi connectivity index (χ2v) is 4.37. The number of hydrogen-bond donors (Lipinski definition) is 2. The standard InChI is InChI=1S/C10H19N3S/c1-4-10(7-14-3)11-5-9-6-12-13-8(9)2/h6,10-11H,4-5,7H2,1-3H3,(H,12,13). The van der Waals surface area contributed by atoms with Gasteiger partial charge in [0.05, 0.1) is 6.20 Å². The Balaban J connectivity index is 2.35. The fourth-order valence-corrected chi connectivity index (χ4v) is 2.09. The predicted molar refractivity (Wildman–Crippen MR) is 62.6 cm³/mol. The van der Waals surface area contributed by atoms with Crippen molar-refractivity contribution in [3.8, 4) is 0 Å². The summed E-state index contributed by atoms with van der Waals surface area (Å²) in [4.78, 5) is 0. The van der Waals surface area contributed by atoms with Gasteiger partial charge < -0.3 is 5.32 Å². The van der Waals surface area contributed by atoms with Crippen LogP contribution in [0.1, 0.15) is 24.6 Å². The largest absolute Gasteiger partial charge is 0.309 e. The molecule has 1 heterocycles. The van der Waals surface area contributed by atoms with Gasteiger partial charge in [0.25, 0.3) is 0 Å². The molecule has 0 aliphatic rings. The third kappa shape index (κ3) is 3.35. The number of aromatic amines is 1. The van der Waals surface area contributed by atoms with Gasteiger partial charge in [-0.1, -0.05) is 6.92 Å². The number of nitrogens with one attached hydrogen (secondary N) is 2. The molecule has 2 N–H and O–H groups in total. The van der Waals surface area contributed by atoms with E-state index in [1.165, 1.54) is 17.7 Å². The zero-order valence-corrected chi connectivity index (χ0v) is 9.95. The molecule has 0 fully saturated rings. The first-order valence-corrected chi connectivity index (χ1v) is 6.38. The van der Waals surface area contributed by atoms with Crippen molar-refractivity contribution >= 4 is 11.8 Å². The average Bonchev–Trinajstić information content (AvgIpc) is 2.59. The molecule has 1 atom stereocenters. The molecule has 1 unspecified atom stereocenters. The molecule has 4 heteroatoms. The Morgan fingerprint density at radius 3 is 2.93 bits per heavy atom. The minimum Gasteiger partial charge on any atom is -0.309 e. The summed E-state index contributed by atoms with van der Waals surface area (Å²) in [6, 6.07) is 0.610. The smallest absolute Gasteiger partial charge is 0.0535 e. The highest BCUT2D eigenvalue weighted by molar-refractivity contribution is 7.98. The first-order chi connectivity index (χ1) is 6.77. The lowest BCUT2D eigenvalue weighted by molar-refractivity contribution is 0.540. The molecule has 80 valence electrons. The molecule has 0 amide bonds. The lowest BCUT2D eigenvalue weighted by Crippen LogP contribution is -2.30. The molecule has 3 nitrogen and oxygen atoms in total. The number of rotatable bonds is 6. The first-order valence-electron chi connectivity index (χ1n) is 4.99. The number of nitrogens with zero attached hydrogens (tertiary/aromatic N) is 1. The van der Waals surface area contributed by atoms with E-state index in [2.05, 4.69) is 35.6 Å². The van der Waals surface area contributed by atoms with E-state index >= 15 is 0 Å². The van der Waals surface area contributed by atoms with Crippen molar-refractivity contribution in [3.05, 3.63) is 17.5 Å². The molecular weight excluding hydrogens is 194 g/mol. The van der Waals surface area contributed by atoms with Gasteiger partial charge in [-0.15, -0.1) is 0 Å². The molecule has 0 aromatic carbocycles. The van der Waals surface area contributed by atoms with E-state index < -0.39 is 0 Å². The van der Waals surface area contributed by atoms with Crippen molar-refractivity contribution in [2.24, 2.45) is 0 Å². The van der Waals surface area contributed by atoms with E-state index in [0.29, 0.717) is 6.04 Å².